The molecule has 0 fully saturated rings. The Morgan fingerprint density at radius 1 is 0.906 bits per heavy atom. The molecule has 3 rings (SSSR count). The zero-order valence-corrected chi connectivity index (χ0v) is 19.2. The molecule has 5 nitrogen and oxygen atoms in total. The van der Waals surface area contributed by atoms with E-state index in [9.17, 15) is 9.59 Å². The number of benzene rings is 3. The van der Waals surface area contributed by atoms with Crippen LogP contribution in [0.1, 0.15) is 36.8 Å². The molecule has 0 bridgehead atoms. The van der Waals surface area contributed by atoms with Crippen LogP contribution >= 0.6 is 23.8 Å². The molecule has 7 heteroatoms. The summed E-state index contributed by atoms with van der Waals surface area (Å²) < 4.78 is 0. The van der Waals surface area contributed by atoms with Gasteiger partial charge in [0, 0.05) is 12.1 Å². The second-order valence-electron chi connectivity index (χ2n) is 7.19. The second-order valence-corrected chi connectivity index (χ2v) is 8.01. The van der Waals surface area contributed by atoms with E-state index in [0.717, 1.165) is 17.5 Å². The lowest BCUT2D eigenvalue weighted by molar-refractivity contribution is -0.120. The van der Waals surface area contributed by atoms with Crippen LogP contribution in [0.4, 0.5) is 11.4 Å². The Balaban J connectivity index is 1.74. The maximum atomic E-state index is 13.2. The number of carbonyl (C=O) groups excluding carboxylic acids is 2. The van der Waals surface area contributed by atoms with E-state index in [1.54, 1.807) is 18.2 Å². The van der Waals surface area contributed by atoms with Crippen molar-refractivity contribution in [1.29, 1.82) is 0 Å². The van der Waals surface area contributed by atoms with E-state index in [1.165, 1.54) is 0 Å². The lowest BCUT2D eigenvalue weighted by Gasteiger charge is -2.19. The molecular weight excluding hydrogens is 442 g/mol. The standard InChI is InChI=1S/C25H24ClN3O2S/c1-2-9-22(30)27-19-14-15-20(26)21(16-19)28-25(32)29-24(31)23(17-10-5-3-6-11-17)18-12-7-4-8-13-18/h3-8,10-16,23H,2,9H2,1H3,(H,27,30)(H2,28,29,31,32). The Morgan fingerprint density at radius 2 is 1.50 bits per heavy atom. The molecule has 0 saturated carbocycles. The van der Waals surface area contributed by atoms with Crippen LogP contribution in [0.3, 0.4) is 0 Å². The molecule has 0 aromatic heterocycles. The third-order valence-corrected chi connectivity index (χ3v) is 5.27. The Hall–Kier alpha value is -3.22. The molecule has 0 aliphatic heterocycles. The largest absolute Gasteiger partial charge is 0.331 e. The Labute approximate surface area is 198 Å². The summed E-state index contributed by atoms with van der Waals surface area (Å²) in [5.74, 6) is -0.860. The minimum Gasteiger partial charge on any atom is -0.331 e. The van der Waals surface area contributed by atoms with E-state index in [-0.39, 0.29) is 16.9 Å². The second kappa shape index (κ2) is 11.4. The number of carbonyl (C=O) groups is 2. The van der Waals surface area contributed by atoms with E-state index in [2.05, 4.69) is 16.0 Å². The van der Waals surface area contributed by atoms with Gasteiger partial charge < -0.3 is 16.0 Å². The van der Waals surface area contributed by atoms with Gasteiger partial charge in [-0.3, -0.25) is 9.59 Å². The Kier molecular flexibility index (Phi) is 8.36. The maximum Gasteiger partial charge on any atom is 0.238 e. The average molecular weight is 466 g/mol. The average Bonchev–Trinajstić information content (AvgIpc) is 2.78. The quantitative estimate of drug-likeness (QED) is 0.390. The van der Waals surface area contributed by atoms with Crippen LogP contribution in [0.25, 0.3) is 0 Å². The van der Waals surface area contributed by atoms with Crippen molar-refractivity contribution >= 4 is 52.1 Å². The van der Waals surface area contributed by atoms with E-state index >= 15 is 0 Å². The van der Waals surface area contributed by atoms with Crippen LogP contribution in [0.5, 0.6) is 0 Å². The molecule has 3 aromatic rings. The van der Waals surface area contributed by atoms with Gasteiger partial charge in [0.1, 0.15) is 0 Å². The van der Waals surface area contributed by atoms with Crippen molar-refractivity contribution in [1.82, 2.24) is 5.32 Å². The topological polar surface area (TPSA) is 70.2 Å². The highest BCUT2D eigenvalue weighted by atomic mass is 35.5. The molecule has 0 saturated heterocycles. The molecule has 164 valence electrons. The number of anilines is 2. The number of thiocarbonyl (C=S) groups is 1. The normalized spacial score (nSPS) is 10.5. The van der Waals surface area contributed by atoms with E-state index in [0.29, 0.717) is 22.8 Å². The van der Waals surface area contributed by atoms with Gasteiger partial charge in [0.2, 0.25) is 11.8 Å². The summed E-state index contributed by atoms with van der Waals surface area (Å²) in [6.45, 7) is 1.94. The van der Waals surface area contributed by atoms with Crippen LogP contribution in [0.2, 0.25) is 5.02 Å². The minimum absolute atomic E-state index is 0.0785. The number of halogens is 1. The third kappa shape index (κ3) is 6.39. The fraction of sp³-hybridized carbons (Fsp3) is 0.160. The fourth-order valence-electron chi connectivity index (χ4n) is 3.27. The first-order valence-corrected chi connectivity index (χ1v) is 11.1. The van der Waals surface area contributed by atoms with E-state index < -0.39 is 5.92 Å². The fourth-order valence-corrected chi connectivity index (χ4v) is 3.65. The number of hydrogen-bond acceptors (Lipinski definition) is 3. The zero-order valence-electron chi connectivity index (χ0n) is 17.6. The highest BCUT2D eigenvalue weighted by Gasteiger charge is 2.23. The molecule has 0 heterocycles. The van der Waals surface area contributed by atoms with Crippen LogP contribution in [0.15, 0.2) is 78.9 Å². The van der Waals surface area contributed by atoms with Crippen molar-refractivity contribution in [2.45, 2.75) is 25.7 Å². The van der Waals surface area contributed by atoms with Crippen LogP contribution < -0.4 is 16.0 Å². The molecule has 0 aliphatic rings. The molecule has 0 aliphatic carbocycles. The van der Waals surface area contributed by atoms with Gasteiger partial charge in [0.05, 0.1) is 16.6 Å². The lowest BCUT2D eigenvalue weighted by Crippen LogP contribution is -2.38. The lowest BCUT2D eigenvalue weighted by atomic mass is 9.90. The third-order valence-electron chi connectivity index (χ3n) is 4.74. The molecule has 3 aromatic carbocycles. The zero-order chi connectivity index (χ0) is 22.9. The van der Waals surface area contributed by atoms with Crippen LogP contribution in [-0.4, -0.2) is 16.9 Å². The minimum atomic E-state index is -0.521. The van der Waals surface area contributed by atoms with Crippen molar-refractivity contribution in [3.63, 3.8) is 0 Å². The molecule has 0 atom stereocenters. The Morgan fingerprint density at radius 3 is 2.06 bits per heavy atom. The predicted molar refractivity (Wildman–Crippen MR) is 134 cm³/mol. The van der Waals surface area contributed by atoms with Crippen molar-refractivity contribution in [2.24, 2.45) is 0 Å². The molecule has 2 amide bonds. The van der Waals surface area contributed by atoms with Gasteiger partial charge in [-0.15, -0.1) is 0 Å². The number of amides is 2. The first kappa shape index (κ1) is 23.4. The SMILES string of the molecule is CCCC(=O)Nc1ccc(Cl)c(NC(=S)NC(=O)C(c2ccccc2)c2ccccc2)c1. The predicted octanol–water partition coefficient (Wildman–Crippen LogP) is 5.72. The van der Waals surface area contributed by atoms with E-state index in [4.69, 9.17) is 23.8 Å². The van der Waals surface area contributed by atoms with E-state index in [1.807, 2.05) is 67.6 Å². The van der Waals surface area contributed by atoms with Crippen molar-refractivity contribution in [3.05, 3.63) is 95.0 Å². The Bertz CT molecular complexity index is 1050. The monoisotopic (exact) mass is 465 g/mol. The summed E-state index contributed by atoms with van der Waals surface area (Å²) in [6, 6.07) is 24.1. The number of hydrogen-bond donors (Lipinski definition) is 3. The van der Waals surface area contributed by atoms with Gasteiger partial charge in [-0.05, 0) is 48.0 Å². The smallest absolute Gasteiger partial charge is 0.238 e. The molecule has 0 unspecified atom stereocenters. The summed E-state index contributed by atoms with van der Waals surface area (Å²) in [5, 5.41) is 9.08. The van der Waals surface area contributed by atoms with Gasteiger partial charge in [-0.25, -0.2) is 0 Å². The molecule has 32 heavy (non-hydrogen) atoms. The summed E-state index contributed by atoms with van der Waals surface area (Å²) in [7, 11) is 0. The van der Waals surface area contributed by atoms with Gasteiger partial charge in [0.15, 0.2) is 5.11 Å². The summed E-state index contributed by atoms with van der Waals surface area (Å²) in [5.41, 5.74) is 2.80. The number of rotatable bonds is 7. The molecule has 3 N–H and O–H groups in total. The number of nitrogens with one attached hydrogen (secondary N) is 3. The van der Waals surface area contributed by atoms with Gasteiger partial charge in [0.25, 0.3) is 0 Å². The van der Waals surface area contributed by atoms with Gasteiger partial charge in [-0.1, -0.05) is 79.2 Å². The van der Waals surface area contributed by atoms with Crippen molar-refractivity contribution in [3.8, 4) is 0 Å². The highest BCUT2D eigenvalue weighted by Crippen LogP contribution is 2.27. The first-order chi connectivity index (χ1) is 15.5. The summed E-state index contributed by atoms with van der Waals surface area (Å²) in [6.07, 6.45) is 1.19. The van der Waals surface area contributed by atoms with Crippen molar-refractivity contribution < 1.29 is 9.59 Å². The molecule has 0 spiro atoms. The highest BCUT2D eigenvalue weighted by molar-refractivity contribution is 7.80. The first-order valence-electron chi connectivity index (χ1n) is 10.3. The van der Waals surface area contributed by atoms with Gasteiger partial charge >= 0.3 is 0 Å². The summed E-state index contributed by atoms with van der Waals surface area (Å²) >= 11 is 11.7. The van der Waals surface area contributed by atoms with Gasteiger partial charge in [-0.2, -0.15) is 0 Å². The van der Waals surface area contributed by atoms with Crippen molar-refractivity contribution in [2.75, 3.05) is 10.6 Å². The van der Waals surface area contributed by atoms with Crippen LogP contribution in [0, 0.1) is 0 Å². The molecule has 0 radical (unpaired) electrons. The maximum absolute atomic E-state index is 13.2. The summed E-state index contributed by atoms with van der Waals surface area (Å²) in [4.78, 5) is 25.1. The molecular formula is C25H24ClN3O2S. The van der Waals surface area contributed by atoms with Crippen LogP contribution in [-0.2, 0) is 9.59 Å².